The Bertz CT molecular complexity index is 2240. The molecule has 276 valence electrons. The predicted molar refractivity (Wildman–Crippen MR) is 188 cm³/mol. The lowest BCUT2D eigenvalue weighted by molar-refractivity contribution is -0.217. The van der Waals surface area contributed by atoms with Crippen LogP contribution in [0.4, 0.5) is 0 Å². The summed E-state index contributed by atoms with van der Waals surface area (Å²) in [5, 5.41) is 0.322. The highest BCUT2D eigenvalue weighted by Crippen LogP contribution is 2.68. The van der Waals surface area contributed by atoms with Crippen molar-refractivity contribution in [3.63, 3.8) is 0 Å². The first-order chi connectivity index (χ1) is 24.1. The standard InChI is InChI=1S/C39H41BrO12/c1-33(2)28(49-32(45)39-15-13-37(8,30(43)52-39)35(39,5)6)27(48-31(44)38-14-12-36(7,29(42)51-38)34(38,3)4)24-22(50-33)17-21(46-9)23-25(41)19-16-18(40)10-11-20(19)47-26(23)24/h10-11,16-17,27-28H,12-15H2,1-9H3/t27-,28-,36+,37+,38-,39-/m1/s1. The summed E-state index contributed by atoms with van der Waals surface area (Å²) in [7, 11) is 1.41. The number of carbonyl (C=O) groups excluding carboxylic acids is 4. The van der Waals surface area contributed by atoms with E-state index in [2.05, 4.69) is 15.9 Å². The van der Waals surface area contributed by atoms with Crippen molar-refractivity contribution in [3.05, 3.63) is 44.5 Å². The van der Waals surface area contributed by atoms with E-state index in [9.17, 15) is 24.0 Å². The van der Waals surface area contributed by atoms with Crippen molar-refractivity contribution in [1.29, 1.82) is 0 Å². The summed E-state index contributed by atoms with van der Waals surface area (Å²) in [4.78, 5) is 69.8. The fourth-order valence-corrected chi connectivity index (χ4v) is 9.85. The maximum Gasteiger partial charge on any atom is 0.351 e. The molecular formula is C39H41BrO12. The fraction of sp³-hybridized carbons (Fsp3) is 0.564. The van der Waals surface area contributed by atoms with Gasteiger partial charge in [-0.15, -0.1) is 0 Å². The lowest BCUT2D eigenvalue weighted by atomic mass is 9.66. The second-order valence-electron chi connectivity index (χ2n) is 17.0. The van der Waals surface area contributed by atoms with Crippen LogP contribution in [0.2, 0.25) is 0 Å². The molecule has 2 saturated carbocycles. The molecule has 13 heteroatoms. The Morgan fingerprint density at radius 3 is 1.83 bits per heavy atom. The molecule has 0 spiro atoms. The van der Waals surface area contributed by atoms with E-state index in [-0.39, 0.29) is 51.8 Å². The van der Waals surface area contributed by atoms with Gasteiger partial charge < -0.3 is 32.8 Å². The van der Waals surface area contributed by atoms with Crippen molar-refractivity contribution in [1.82, 2.24) is 0 Å². The normalized spacial score (nSPS) is 34.4. The third kappa shape index (κ3) is 3.90. The van der Waals surface area contributed by atoms with E-state index in [0.29, 0.717) is 17.3 Å². The smallest absolute Gasteiger partial charge is 0.351 e. The van der Waals surface area contributed by atoms with Crippen molar-refractivity contribution < 1.29 is 52.0 Å². The van der Waals surface area contributed by atoms with Gasteiger partial charge in [0, 0.05) is 21.4 Å². The highest BCUT2D eigenvalue weighted by atomic mass is 79.9. The van der Waals surface area contributed by atoms with Crippen LogP contribution in [0.3, 0.4) is 0 Å². The highest BCUT2D eigenvalue weighted by Gasteiger charge is 2.78. The van der Waals surface area contributed by atoms with Crippen LogP contribution in [0.15, 0.2) is 37.9 Å². The average Bonchev–Trinajstić information content (AvgIpc) is 3.53. The number of methoxy groups -OCH3 is 1. The van der Waals surface area contributed by atoms with Gasteiger partial charge in [-0.1, -0.05) is 43.6 Å². The Balaban J connectivity index is 1.33. The van der Waals surface area contributed by atoms with Crippen molar-refractivity contribution in [2.24, 2.45) is 21.7 Å². The molecule has 2 aliphatic carbocycles. The Labute approximate surface area is 307 Å². The summed E-state index contributed by atoms with van der Waals surface area (Å²) in [5.41, 5.74) is -8.45. The van der Waals surface area contributed by atoms with Gasteiger partial charge >= 0.3 is 23.9 Å². The molecule has 0 amide bonds. The molecule has 0 unspecified atom stereocenters. The van der Waals surface area contributed by atoms with E-state index in [1.165, 1.54) is 13.2 Å². The number of rotatable bonds is 5. The van der Waals surface area contributed by atoms with Crippen LogP contribution in [0.1, 0.15) is 92.7 Å². The zero-order valence-corrected chi connectivity index (χ0v) is 32.2. The molecule has 5 aliphatic rings. The monoisotopic (exact) mass is 780 g/mol. The highest BCUT2D eigenvalue weighted by molar-refractivity contribution is 9.10. The van der Waals surface area contributed by atoms with Crippen LogP contribution >= 0.6 is 15.9 Å². The SMILES string of the molecule is COc1cc2c(c3oc4ccc(Br)cc4c(=O)c13)[C@@H](OC(=O)[C@@]13CC[C@@](C)(C(=O)O1)C3(C)C)[C@@H](OC(=O)[C@@]13CC[C@@](C)(C(=O)O1)C3(C)C)C(C)(C)O2. The van der Waals surface area contributed by atoms with Gasteiger partial charge in [-0.2, -0.15) is 0 Å². The van der Waals surface area contributed by atoms with Gasteiger partial charge in [0.05, 0.1) is 28.9 Å². The second kappa shape index (κ2) is 10.3. The Kier molecular flexibility index (Phi) is 6.92. The topological polar surface area (TPSA) is 154 Å². The zero-order valence-electron chi connectivity index (χ0n) is 30.6. The molecule has 4 bridgehead atoms. The largest absolute Gasteiger partial charge is 0.496 e. The minimum absolute atomic E-state index is 0.000752. The summed E-state index contributed by atoms with van der Waals surface area (Å²) in [6.07, 6.45) is -1.56. The van der Waals surface area contributed by atoms with Gasteiger partial charge in [0.25, 0.3) is 0 Å². The van der Waals surface area contributed by atoms with E-state index in [1.807, 2.05) is 27.7 Å². The maximum atomic E-state index is 14.7. The first kappa shape index (κ1) is 34.9. The molecule has 52 heavy (non-hydrogen) atoms. The first-order valence-electron chi connectivity index (χ1n) is 17.5. The maximum absolute atomic E-state index is 14.7. The molecular weight excluding hydrogens is 740 g/mol. The predicted octanol–water partition coefficient (Wildman–Crippen LogP) is 6.63. The number of hydrogen-bond acceptors (Lipinski definition) is 12. The Morgan fingerprint density at radius 1 is 0.769 bits per heavy atom. The molecule has 0 N–H and O–H groups in total. The molecule has 12 nitrogen and oxygen atoms in total. The molecule has 8 rings (SSSR count). The number of benzene rings is 2. The number of carbonyl (C=O) groups is 4. The minimum atomic E-state index is -1.65. The van der Waals surface area contributed by atoms with Crippen LogP contribution in [-0.4, -0.2) is 53.9 Å². The number of fused-ring (bicyclic) bond motifs is 8. The van der Waals surface area contributed by atoms with Gasteiger partial charge in [-0.25, -0.2) is 9.59 Å². The molecule has 3 aliphatic heterocycles. The van der Waals surface area contributed by atoms with Crippen molar-refractivity contribution >= 4 is 61.7 Å². The van der Waals surface area contributed by atoms with Gasteiger partial charge in [-0.3, -0.25) is 14.4 Å². The third-order valence-corrected chi connectivity index (χ3v) is 14.5. The van der Waals surface area contributed by atoms with E-state index >= 15 is 0 Å². The summed E-state index contributed by atoms with van der Waals surface area (Å²) < 4.78 is 44.0. The van der Waals surface area contributed by atoms with Crippen LogP contribution in [0.25, 0.3) is 21.9 Å². The fourth-order valence-electron chi connectivity index (χ4n) is 9.48. The van der Waals surface area contributed by atoms with Crippen molar-refractivity contribution in [2.75, 3.05) is 7.11 Å². The van der Waals surface area contributed by atoms with Gasteiger partial charge in [0.2, 0.25) is 16.6 Å². The zero-order chi connectivity index (χ0) is 37.8. The lowest BCUT2D eigenvalue weighted by Gasteiger charge is -2.46. The average molecular weight is 782 g/mol. The number of ether oxygens (including phenoxy) is 6. The molecule has 4 fully saturated rings. The van der Waals surface area contributed by atoms with E-state index in [4.69, 9.17) is 32.8 Å². The Morgan fingerprint density at radius 2 is 1.33 bits per heavy atom. The summed E-state index contributed by atoms with van der Waals surface area (Å²) in [6, 6.07) is 6.50. The molecule has 1 aromatic heterocycles. The lowest BCUT2D eigenvalue weighted by Crippen LogP contribution is -2.57. The Hall–Kier alpha value is -4.13. The van der Waals surface area contributed by atoms with Crippen LogP contribution in [0.5, 0.6) is 11.5 Å². The van der Waals surface area contributed by atoms with Gasteiger partial charge in [-0.05, 0) is 71.6 Å². The molecule has 3 aromatic rings. The molecule has 0 radical (unpaired) electrons. The molecule has 2 saturated heterocycles. The van der Waals surface area contributed by atoms with Gasteiger partial charge in [0.15, 0.2) is 17.8 Å². The van der Waals surface area contributed by atoms with Gasteiger partial charge in [0.1, 0.15) is 28.1 Å². The molecule has 4 heterocycles. The summed E-state index contributed by atoms with van der Waals surface area (Å²) >= 11 is 3.42. The van der Waals surface area contributed by atoms with Crippen molar-refractivity contribution in [3.8, 4) is 11.5 Å². The van der Waals surface area contributed by atoms with Crippen LogP contribution in [-0.2, 0) is 38.1 Å². The molecule has 6 atom stereocenters. The number of halogens is 1. The van der Waals surface area contributed by atoms with E-state index in [0.717, 1.165) is 0 Å². The number of esters is 4. The first-order valence-corrected chi connectivity index (χ1v) is 18.3. The third-order valence-electron chi connectivity index (χ3n) is 14.0. The van der Waals surface area contributed by atoms with Crippen molar-refractivity contribution in [2.45, 2.75) is 110 Å². The number of hydrogen-bond donors (Lipinski definition) is 0. The second-order valence-corrected chi connectivity index (χ2v) is 17.9. The minimum Gasteiger partial charge on any atom is -0.496 e. The molecule has 2 aromatic carbocycles. The summed E-state index contributed by atoms with van der Waals surface area (Å²) in [5.74, 6) is -2.32. The van der Waals surface area contributed by atoms with Crippen LogP contribution < -0.4 is 14.9 Å². The summed E-state index contributed by atoms with van der Waals surface area (Å²) in [6.45, 7) is 14.2. The van der Waals surface area contributed by atoms with Crippen LogP contribution in [0, 0.1) is 21.7 Å². The quantitative estimate of drug-likeness (QED) is 0.155. The van der Waals surface area contributed by atoms with E-state index < -0.39 is 80.0 Å². The van der Waals surface area contributed by atoms with E-state index in [1.54, 1.807) is 45.9 Å².